The summed E-state index contributed by atoms with van der Waals surface area (Å²) in [5.41, 5.74) is 6.74. The second kappa shape index (κ2) is 6.52. The van der Waals surface area contributed by atoms with Crippen LogP contribution in [0.3, 0.4) is 0 Å². The van der Waals surface area contributed by atoms with Crippen LogP contribution in [0.2, 0.25) is 5.02 Å². The van der Waals surface area contributed by atoms with Crippen molar-refractivity contribution in [3.63, 3.8) is 0 Å². The van der Waals surface area contributed by atoms with Crippen molar-refractivity contribution < 1.29 is 13.2 Å². The summed E-state index contributed by atoms with van der Waals surface area (Å²) >= 11 is 6.31. The van der Waals surface area contributed by atoms with Crippen molar-refractivity contribution in [3.05, 3.63) is 28.8 Å². The van der Waals surface area contributed by atoms with Crippen LogP contribution in [0.5, 0.6) is 5.75 Å². The first-order chi connectivity index (χ1) is 9.89. The molecule has 118 valence electrons. The molecule has 0 aromatic heterocycles. The van der Waals surface area contributed by atoms with E-state index in [1.165, 1.54) is 0 Å². The summed E-state index contributed by atoms with van der Waals surface area (Å²) in [6.45, 7) is 0.340. The number of nitrogens with two attached hydrogens (primary N) is 1. The van der Waals surface area contributed by atoms with Crippen molar-refractivity contribution >= 4 is 21.4 Å². The standard InChI is InChI=1S/C14H21ClN2O3S/c1-17(10-6-7-21(18,19)9-10)12(8-16)14-11(15)4-3-5-13(14)20-2/h3-5,10,12H,6-9,16H2,1-2H3. The summed E-state index contributed by atoms with van der Waals surface area (Å²) < 4.78 is 28.7. The monoisotopic (exact) mass is 332 g/mol. The summed E-state index contributed by atoms with van der Waals surface area (Å²) in [5.74, 6) is 1.08. The van der Waals surface area contributed by atoms with Crippen molar-refractivity contribution in [1.82, 2.24) is 4.90 Å². The molecule has 1 aliphatic rings. The predicted octanol–water partition coefficient (Wildman–Crippen LogP) is 1.47. The second-order valence-corrected chi connectivity index (χ2v) is 7.97. The molecule has 0 amide bonds. The summed E-state index contributed by atoms with van der Waals surface area (Å²) in [7, 11) is 0.544. The summed E-state index contributed by atoms with van der Waals surface area (Å²) in [6.07, 6.45) is 0.627. The Morgan fingerprint density at radius 1 is 1.52 bits per heavy atom. The normalized spacial score (nSPS) is 22.4. The molecule has 2 atom stereocenters. The van der Waals surface area contributed by atoms with E-state index in [4.69, 9.17) is 22.1 Å². The molecule has 2 N–H and O–H groups in total. The van der Waals surface area contributed by atoms with Crippen LogP contribution in [0.4, 0.5) is 0 Å². The number of halogens is 1. The van der Waals surface area contributed by atoms with Crippen LogP contribution in [-0.2, 0) is 9.84 Å². The summed E-state index contributed by atoms with van der Waals surface area (Å²) in [6, 6.07) is 5.24. The third-order valence-corrected chi connectivity index (χ3v) is 6.15. The Bertz CT molecular complexity index is 606. The lowest BCUT2D eigenvalue weighted by molar-refractivity contribution is 0.189. The van der Waals surface area contributed by atoms with Crippen LogP contribution in [-0.4, -0.2) is 51.6 Å². The smallest absolute Gasteiger partial charge is 0.151 e. The number of methoxy groups -OCH3 is 1. The van der Waals surface area contributed by atoms with Gasteiger partial charge in [-0.25, -0.2) is 8.42 Å². The molecule has 5 nitrogen and oxygen atoms in total. The third kappa shape index (κ3) is 3.51. The Hall–Kier alpha value is -0.820. The molecule has 0 radical (unpaired) electrons. The van der Waals surface area contributed by atoms with Gasteiger partial charge in [-0.3, -0.25) is 4.90 Å². The first-order valence-electron chi connectivity index (χ1n) is 6.84. The van der Waals surface area contributed by atoms with E-state index >= 15 is 0 Å². The van der Waals surface area contributed by atoms with Gasteiger partial charge in [0.2, 0.25) is 0 Å². The lowest BCUT2D eigenvalue weighted by atomic mass is 10.0. The van der Waals surface area contributed by atoms with Crippen LogP contribution in [0.25, 0.3) is 0 Å². The molecule has 1 fully saturated rings. The number of hydrogen-bond donors (Lipinski definition) is 1. The maximum Gasteiger partial charge on any atom is 0.151 e. The SMILES string of the molecule is COc1cccc(Cl)c1C(CN)N(C)C1CCS(=O)(=O)C1. The van der Waals surface area contributed by atoms with Gasteiger partial charge in [-0.05, 0) is 25.6 Å². The van der Waals surface area contributed by atoms with E-state index in [-0.39, 0.29) is 23.6 Å². The van der Waals surface area contributed by atoms with Gasteiger partial charge in [0.25, 0.3) is 0 Å². The number of hydrogen-bond acceptors (Lipinski definition) is 5. The van der Waals surface area contributed by atoms with E-state index in [1.807, 2.05) is 24.1 Å². The fourth-order valence-electron chi connectivity index (χ4n) is 2.86. The average Bonchev–Trinajstić information content (AvgIpc) is 2.81. The van der Waals surface area contributed by atoms with E-state index < -0.39 is 9.84 Å². The topological polar surface area (TPSA) is 72.6 Å². The molecule has 7 heteroatoms. The summed E-state index contributed by atoms with van der Waals surface area (Å²) in [4.78, 5) is 2.01. The van der Waals surface area contributed by atoms with Gasteiger partial charge in [-0.15, -0.1) is 0 Å². The molecular formula is C14H21ClN2O3S. The molecule has 21 heavy (non-hydrogen) atoms. The quantitative estimate of drug-likeness (QED) is 0.884. The highest BCUT2D eigenvalue weighted by Crippen LogP contribution is 2.36. The zero-order valence-electron chi connectivity index (χ0n) is 12.3. The highest BCUT2D eigenvalue weighted by molar-refractivity contribution is 7.91. The van der Waals surface area contributed by atoms with Gasteiger partial charge in [0.05, 0.1) is 24.7 Å². The molecule has 1 saturated heterocycles. The second-order valence-electron chi connectivity index (χ2n) is 5.33. The van der Waals surface area contributed by atoms with E-state index in [2.05, 4.69) is 0 Å². The molecule has 0 aliphatic carbocycles. The van der Waals surface area contributed by atoms with Gasteiger partial charge < -0.3 is 10.5 Å². The van der Waals surface area contributed by atoms with Crippen molar-refractivity contribution in [2.45, 2.75) is 18.5 Å². The first-order valence-corrected chi connectivity index (χ1v) is 9.04. The minimum atomic E-state index is -2.94. The van der Waals surface area contributed by atoms with Gasteiger partial charge in [0.1, 0.15) is 5.75 Å². The van der Waals surface area contributed by atoms with Gasteiger partial charge in [0.15, 0.2) is 9.84 Å². The largest absolute Gasteiger partial charge is 0.496 e. The fraction of sp³-hybridized carbons (Fsp3) is 0.571. The molecular weight excluding hydrogens is 312 g/mol. The van der Waals surface area contributed by atoms with Gasteiger partial charge in [0, 0.05) is 23.2 Å². The maximum atomic E-state index is 11.7. The zero-order chi connectivity index (χ0) is 15.6. The van der Waals surface area contributed by atoms with Crippen molar-refractivity contribution in [1.29, 1.82) is 0 Å². The highest BCUT2D eigenvalue weighted by Gasteiger charge is 2.35. The molecule has 2 rings (SSSR count). The Morgan fingerprint density at radius 2 is 2.24 bits per heavy atom. The van der Waals surface area contributed by atoms with E-state index in [0.717, 1.165) is 5.56 Å². The molecule has 0 spiro atoms. The van der Waals surface area contributed by atoms with Gasteiger partial charge >= 0.3 is 0 Å². The molecule has 2 unspecified atom stereocenters. The van der Waals surface area contributed by atoms with E-state index in [0.29, 0.717) is 23.7 Å². The number of ether oxygens (including phenoxy) is 1. The lowest BCUT2D eigenvalue weighted by Gasteiger charge is -2.33. The number of benzene rings is 1. The van der Waals surface area contributed by atoms with Crippen LogP contribution in [0.1, 0.15) is 18.0 Å². The Balaban J connectivity index is 2.32. The van der Waals surface area contributed by atoms with Crippen molar-refractivity contribution in [2.24, 2.45) is 5.73 Å². The average molecular weight is 333 g/mol. The van der Waals surface area contributed by atoms with Crippen molar-refractivity contribution in [2.75, 3.05) is 32.2 Å². The zero-order valence-corrected chi connectivity index (χ0v) is 13.8. The Kier molecular flexibility index (Phi) is 5.14. The molecule has 1 aromatic carbocycles. The maximum absolute atomic E-state index is 11.7. The van der Waals surface area contributed by atoms with E-state index in [1.54, 1.807) is 13.2 Å². The Labute approximate surface area is 130 Å². The molecule has 0 bridgehead atoms. The van der Waals surface area contributed by atoms with Crippen LogP contribution < -0.4 is 10.5 Å². The van der Waals surface area contributed by atoms with Crippen LogP contribution in [0.15, 0.2) is 18.2 Å². The predicted molar refractivity (Wildman–Crippen MR) is 84.6 cm³/mol. The minimum Gasteiger partial charge on any atom is -0.496 e. The fourth-order valence-corrected chi connectivity index (χ4v) is 4.94. The lowest BCUT2D eigenvalue weighted by Crippen LogP contribution is -2.39. The third-order valence-electron chi connectivity index (χ3n) is 4.07. The van der Waals surface area contributed by atoms with E-state index in [9.17, 15) is 8.42 Å². The number of rotatable bonds is 5. The van der Waals surface area contributed by atoms with Crippen LogP contribution >= 0.6 is 11.6 Å². The number of sulfone groups is 1. The highest BCUT2D eigenvalue weighted by atomic mass is 35.5. The first kappa shape index (κ1) is 16.5. The number of nitrogens with zero attached hydrogens (tertiary/aromatic N) is 1. The minimum absolute atomic E-state index is 0.0375. The Morgan fingerprint density at radius 3 is 2.76 bits per heavy atom. The molecule has 0 saturated carbocycles. The van der Waals surface area contributed by atoms with Gasteiger partial charge in [-0.1, -0.05) is 17.7 Å². The van der Waals surface area contributed by atoms with Crippen molar-refractivity contribution in [3.8, 4) is 5.75 Å². The molecule has 1 aromatic rings. The van der Waals surface area contributed by atoms with Crippen LogP contribution in [0, 0.1) is 0 Å². The summed E-state index contributed by atoms with van der Waals surface area (Å²) in [5, 5.41) is 0.581. The van der Waals surface area contributed by atoms with Gasteiger partial charge in [-0.2, -0.15) is 0 Å². The number of likely N-dealkylation sites (N-methyl/N-ethyl adjacent to an activating group) is 1. The molecule has 1 heterocycles. The molecule has 1 aliphatic heterocycles.